The van der Waals surface area contributed by atoms with Crippen LogP contribution in [-0.2, 0) is 19.6 Å². The lowest BCUT2D eigenvalue weighted by Gasteiger charge is -2.22. The summed E-state index contributed by atoms with van der Waals surface area (Å²) in [5.41, 5.74) is 3.90. The first kappa shape index (κ1) is 20.4. The number of ether oxygens (including phenoxy) is 3. The lowest BCUT2D eigenvalue weighted by Crippen LogP contribution is -2.26. The van der Waals surface area contributed by atoms with E-state index in [1.807, 2.05) is 54.6 Å². The summed E-state index contributed by atoms with van der Waals surface area (Å²) < 4.78 is 17.3. The molecule has 164 valence electrons. The molecule has 0 unspecified atom stereocenters. The minimum Gasteiger partial charge on any atom is -0.492 e. The van der Waals surface area contributed by atoms with Crippen LogP contribution in [0.3, 0.4) is 0 Å². The molecule has 0 bridgehead atoms. The van der Waals surface area contributed by atoms with Gasteiger partial charge in [0.25, 0.3) is 5.91 Å². The molecule has 0 fully saturated rings. The van der Waals surface area contributed by atoms with Gasteiger partial charge in [0.05, 0.1) is 0 Å². The number of benzene rings is 3. The fourth-order valence-electron chi connectivity index (χ4n) is 4.05. The van der Waals surface area contributed by atoms with Crippen molar-refractivity contribution in [1.29, 1.82) is 0 Å². The highest BCUT2D eigenvalue weighted by molar-refractivity contribution is 5.94. The Kier molecular flexibility index (Phi) is 5.94. The maximum Gasteiger partial charge on any atom is 0.251 e. The predicted octanol–water partition coefficient (Wildman–Crippen LogP) is 3.78. The van der Waals surface area contributed by atoms with E-state index in [9.17, 15) is 4.79 Å². The Morgan fingerprint density at radius 2 is 1.59 bits per heavy atom. The Hall–Kier alpha value is -3.51. The van der Waals surface area contributed by atoms with Crippen molar-refractivity contribution in [2.45, 2.75) is 19.6 Å². The van der Waals surface area contributed by atoms with Crippen LogP contribution in [0.4, 0.5) is 0 Å². The molecule has 6 nitrogen and oxygen atoms in total. The third-order valence-corrected chi connectivity index (χ3v) is 5.69. The third-order valence-electron chi connectivity index (χ3n) is 5.69. The van der Waals surface area contributed by atoms with Gasteiger partial charge in [-0.05, 0) is 41.5 Å². The number of hydrogen-bond acceptors (Lipinski definition) is 5. The Bertz CT molecular complexity index is 1100. The van der Waals surface area contributed by atoms with Gasteiger partial charge in [0, 0.05) is 37.3 Å². The van der Waals surface area contributed by atoms with Crippen LogP contribution in [-0.4, -0.2) is 37.2 Å². The lowest BCUT2D eigenvalue weighted by atomic mass is 10.1. The molecule has 32 heavy (non-hydrogen) atoms. The van der Waals surface area contributed by atoms with Crippen molar-refractivity contribution in [3.05, 3.63) is 89.0 Å². The molecule has 0 aromatic heterocycles. The molecule has 0 saturated carbocycles. The monoisotopic (exact) mass is 430 g/mol. The zero-order chi connectivity index (χ0) is 21.8. The molecule has 2 aliphatic rings. The van der Waals surface area contributed by atoms with Crippen molar-refractivity contribution in [2.75, 3.05) is 26.4 Å². The van der Waals surface area contributed by atoms with E-state index in [1.54, 1.807) is 0 Å². The molecular formula is C26H26N2O4. The van der Waals surface area contributed by atoms with Crippen molar-refractivity contribution in [3.63, 3.8) is 0 Å². The summed E-state index contributed by atoms with van der Waals surface area (Å²) in [7, 11) is 0. The normalized spacial score (nSPS) is 15.2. The Labute approximate surface area is 187 Å². The number of nitrogens with zero attached hydrogens (tertiary/aromatic N) is 1. The second-order valence-corrected chi connectivity index (χ2v) is 8.03. The van der Waals surface area contributed by atoms with Gasteiger partial charge < -0.3 is 19.5 Å². The maximum absolute atomic E-state index is 12.7. The molecule has 0 atom stereocenters. The summed E-state index contributed by atoms with van der Waals surface area (Å²) in [5.74, 6) is 2.36. The average molecular weight is 431 g/mol. The molecule has 3 aromatic rings. The molecule has 0 aliphatic carbocycles. The van der Waals surface area contributed by atoms with Crippen molar-refractivity contribution >= 4 is 5.91 Å². The number of nitrogens with one attached hydrogen (secondary N) is 1. The second kappa shape index (κ2) is 9.32. The van der Waals surface area contributed by atoms with E-state index in [4.69, 9.17) is 14.2 Å². The van der Waals surface area contributed by atoms with Crippen LogP contribution in [0.5, 0.6) is 17.2 Å². The number of carbonyl (C=O) groups excluding carboxylic acids is 1. The Morgan fingerprint density at radius 3 is 2.47 bits per heavy atom. The first-order valence-electron chi connectivity index (χ1n) is 10.9. The van der Waals surface area contributed by atoms with E-state index < -0.39 is 0 Å². The van der Waals surface area contributed by atoms with Gasteiger partial charge in [0.1, 0.15) is 25.6 Å². The number of rotatable bonds is 5. The topological polar surface area (TPSA) is 60.0 Å². The van der Waals surface area contributed by atoms with E-state index in [0.29, 0.717) is 38.5 Å². The molecule has 5 rings (SSSR count). The van der Waals surface area contributed by atoms with Gasteiger partial charge >= 0.3 is 0 Å². The van der Waals surface area contributed by atoms with Crippen molar-refractivity contribution in [3.8, 4) is 17.2 Å². The van der Waals surface area contributed by atoms with Gasteiger partial charge in [-0.3, -0.25) is 9.69 Å². The minimum atomic E-state index is -0.0840. The van der Waals surface area contributed by atoms with Gasteiger partial charge in [-0.2, -0.15) is 0 Å². The zero-order valence-corrected chi connectivity index (χ0v) is 17.9. The van der Waals surface area contributed by atoms with Crippen molar-refractivity contribution in [2.24, 2.45) is 0 Å². The van der Waals surface area contributed by atoms with Gasteiger partial charge in [-0.15, -0.1) is 0 Å². The molecule has 0 radical (unpaired) electrons. The molecule has 0 saturated heterocycles. The summed E-state index contributed by atoms with van der Waals surface area (Å²) >= 11 is 0. The summed E-state index contributed by atoms with van der Waals surface area (Å²) in [6.45, 7) is 4.57. The van der Waals surface area contributed by atoms with Gasteiger partial charge in [0.2, 0.25) is 0 Å². The first-order valence-corrected chi connectivity index (χ1v) is 10.9. The summed E-state index contributed by atoms with van der Waals surface area (Å²) in [6.07, 6.45) is 0. The van der Waals surface area contributed by atoms with Crippen LogP contribution in [0, 0.1) is 0 Å². The van der Waals surface area contributed by atoms with E-state index >= 15 is 0 Å². The Balaban J connectivity index is 1.27. The smallest absolute Gasteiger partial charge is 0.251 e. The number of fused-ring (bicyclic) bond motifs is 2. The zero-order valence-electron chi connectivity index (χ0n) is 17.9. The largest absolute Gasteiger partial charge is 0.492 e. The third kappa shape index (κ3) is 4.70. The molecule has 6 heteroatoms. The molecule has 1 amide bonds. The fraction of sp³-hybridized carbons (Fsp3) is 0.269. The van der Waals surface area contributed by atoms with Gasteiger partial charge in [0.15, 0.2) is 11.5 Å². The number of carbonyl (C=O) groups is 1. The standard InChI is InChI=1S/C26H26N2O4/c29-26(27-16-19-4-2-1-3-5-19)21-7-9-23-22(15-21)18-28(10-11-30-23)17-20-6-8-24-25(14-20)32-13-12-31-24/h1-9,14-15H,10-13,16-18H2,(H,27,29). The van der Waals surface area contributed by atoms with Crippen LogP contribution in [0.2, 0.25) is 0 Å². The van der Waals surface area contributed by atoms with Crippen LogP contribution < -0.4 is 19.5 Å². The molecule has 2 aliphatic heterocycles. The number of amides is 1. The minimum absolute atomic E-state index is 0.0840. The average Bonchev–Trinajstić information content (AvgIpc) is 3.04. The highest BCUT2D eigenvalue weighted by atomic mass is 16.6. The molecular weight excluding hydrogens is 404 g/mol. The molecule has 2 heterocycles. The van der Waals surface area contributed by atoms with E-state index in [-0.39, 0.29) is 5.91 Å². The van der Waals surface area contributed by atoms with E-state index in [2.05, 4.69) is 22.3 Å². The van der Waals surface area contributed by atoms with Crippen molar-refractivity contribution < 1.29 is 19.0 Å². The van der Waals surface area contributed by atoms with E-state index in [1.165, 1.54) is 0 Å². The highest BCUT2D eigenvalue weighted by Gasteiger charge is 2.19. The Morgan fingerprint density at radius 1 is 0.812 bits per heavy atom. The quantitative estimate of drug-likeness (QED) is 0.668. The molecule has 0 spiro atoms. The predicted molar refractivity (Wildman–Crippen MR) is 121 cm³/mol. The van der Waals surface area contributed by atoms with Crippen LogP contribution in [0.15, 0.2) is 66.7 Å². The lowest BCUT2D eigenvalue weighted by molar-refractivity contribution is 0.0950. The van der Waals surface area contributed by atoms with Crippen molar-refractivity contribution in [1.82, 2.24) is 10.2 Å². The number of hydrogen-bond donors (Lipinski definition) is 1. The van der Waals surface area contributed by atoms with E-state index in [0.717, 1.165) is 47.0 Å². The summed E-state index contributed by atoms with van der Waals surface area (Å²) in [4.78, 5) is 15.0. The maximum atomic E-state index is 12.7. The van der Waals surface area contributed by atoms with Gasteiger partial charge in [-0.1, -0.05) is 36.4 Å². The summed E-state index contributed by atoms with van der Waals surface area (Å²) in [6, 6.07) is 21.7. The van der Waals surface area contributed by atoms with Crippen LogP contribution >= 0.6 is 0 Å². The molecule has 3 aromatic carbocycles. The van der Waals surface area contributed by atoms with Gasteiger partial charge in [-0.25, -0.2) is 0 Å². The fourth-order valence-corrected chi connectivity index (χ4v) is 4.05. The SMILES string of the molecule is O=C(NCc1ccccc1)c1ccc2c(c1)CN(Cc1ccc3c(c1)OCCO3)CCO2. The highest BCUT2D eigenvalue weighted by Crippen LogP contribution is 2.32. The second-order valence-electron chi connectivity index (χ2n) is 8.03. The van der Waals surface area contributed by atoms with Crippen LogP contribution in [0.1, 0.15) is 27.0 Å². The summed E-state index contributed by atoms with van der Waals surface area (Å²) in [5, 5.41) is 3.00. The first-order chi connectivity index (χ1) is 15.7. The molecule has 1 N–H and O–H groups in total. The van der Waals surface area contributed by atoms with Crippen LogP contribution in [0.25, 0.3) is 0 Å².